The van der Waals surface area contributed by atoms with Gasteiger partial charge >= 0.3 is 6.18 Å². The van der Waals surface area contributed by atoms with E-state index in [4.69, 9.17) is 0 Å². The van der Waals surface area contributed by atoms with Crippen LogP contribution >= 0.6 is 0 Å². The minimum atomic E-state index is -4.04. The molecule has 1 saturated carbocycles. The molecule has 1 aliphatic rings. The molecule has 0 unspecified atom stereocenters. The van der Waals surface area contributed by atoms with Crippen LogP contribution in [0, 0.1) is 5.92 Å². The lowest BCUT2D eigenvalue weighted by atomic mass is 10.1. The van der Waals surface area contributed by atoms with Crippen molar-refractivity contribution in [2.45, 2.75) is 18.5 Å². The van der Waals surface area contributed by atoms with E-state index in [1.807, 2.05) is 31.1 Å². The first kappa shape index (κ1) is 11.3. The zero-order valence-electron chi connectivity index (χ0n) is 9.25. The summed E-state index contributed by atoms with van der Waals surface area (Å²) >= 11 is 0. The van der Waals surface area contributed by atoms with E-state index in [0.717, 1.165) is 11.3 Å². The molecule has 0 saturated heterocycles. The third-order valence-electron chi connectivity index (χ3n) is 3.05. The highest BCUT2D eigenvalue weighted by Gasteiger charge is 2.55. The van der Waals surface area contributed by atoms with Crippen molar-refractivity contribution in [2.24, 2.45) is 5.92 Å². The number of hydrogen-bond acceptors (Lipinski definition) is 1. The molecular formula is C12H14F3N. The fraction of sp³-hybridized carbons (Fsp3) is 0.500. The van der Waals surface area contributed by atoms with Gasteiger partial charge in [0.1, 0.15) is 0 Å². The molecule has 0 N–H and O–H groups in total. The first-order chi connectivity index (χ1) is 7.39. The van der Waals surface area contributed by atoms with Crippen LogP contribution in [0.5, 0.6) is 0 Å². The largest absolute Gasteiger partial charge is 0.392 e. The van der Waals surface area contributed by atoms with Gasteiger partial charge in [-0.1, -0.05) is 12.1 Å². The number of alkyl halides is 3. The summed E-state index contributed by atoms with van der Waals surface area (Å²) in [5.74, 6) is -1.45. The van der Waals surface area contributed by atoms with Gasteiger partial charge in [0.05, 0.1) is 5.92 Å². The Hall–Kier alpha value is -1.19. The first-order valence-electron chi connectivity index (χ1n) is 5.23. The van der Waals surface area contributed by atoms with Crippen LogP contribution in [0.1, 0.15) is 17.9 Å². The van der Waals surface area contributed by atoms with Crippen LogP contribution in [0.3, 0.4) is 0 Å². The molecule has 16 heavy (non-hydrogen) atoms. The Kier molecular flexibility index (Phi) is 2.60. The predicted molar refractivity (Wildman–Crippen MR) is 57.7 cm³/mol. The van der Waals surface area contributed by atoms with Crippen LogP contribution in [-0.2, 0) is 0 Å². The van der Waals surface area contributed by atoms with Crippen LogP contribution in [0.15, 0.2) is 24.3 Å². The standard InChI is InChI=1S/C12H14F3N/c1-16(2)9-5-3-8(4-6-9)10-7-11(10)12(13,14)15/h3-6,10-11H,7H2,1-2H3/t10-,11+/m0/s1. The maximum absolute atomic E-state index is 12.4. The molecule has 1 aliphatic carbocycles. The zero-order chi connectivity index (χ0) is 11.9. The lowest BCUT2D eigenvalue weighted by molar-refractivity contribution is -0.148. The highest BCUT2D eigenvalue weighted by molar-refractivity contribution is 5.47. The van der Waals surface area contributed by atoms with Crippen molar-refractivity contribution >= 4 is 5.69 Å². The van der Waals surface area contributed by atoms with E-state index < -0.39 is 12.1 Å². The molecule has 0 spiro atoms. The van der Waals surface area contributed by atoms with Crippen molar-refractivity contribution < 1.29 is 13.2 Å². The van der Waals surface area contributed by atoms with Crippen LogP contribution in [0.2, 0.25) is 0 Å². The molecule has 2 atom stereocenters. The number of benzene rings is 1. The summed E-state index contributed by atoms with van der Waals surface area (Å²) in [6, 6.07) is 7.32. The second kappa shape index (κ2) is 3.68. The molecule has 1 aromatic carbocycles. The summed E-state index contributed by atoms with van der Waals surface area (Å²) in [6.45, 7) is 0. The fourth-order valence-corrected chi connectivity index (χ4v) is 1.94. The van der Waals surface area contributed by atoms with Crippen LogP contribution in [0.25, 0.3) is 0 Å². The smallest absolute Gasteiger partial charge is 0.378 e. The lowest BCUT2D eigenvalue weighted by Crippen LogP contribution is -2.11. The van der Waals surface area contributed by atoms with Gasteiger partial charge in [-0.15, -0.1) is 0 Å². The Morgan fingerprint density at radius 2 is 1.69 bits per heavy atom. The molecular weight excluding hydrogens is 215 g/mol. The molecule has 0 amide bonds. The first-order valence-corrected chi connectivity index (χ1v) is 5.23. The molecule has 1 nitrogen and oxygen atoms in total. The van der Waals surface area contributed by atoms with Crippen molar-refractivity contribution in [1.82, 2.24) is 0 Å². The topological polar surface area (TPSA) is 3.24 Å². The maximum Gasteiger partial charge on any atom is 0.392 e. The van der Waals surface area contributed by atoms with Gasteiger partial charge in [-0.05, 0) is 30.0 Å². The van der Waals surface area contributed by atoms with Crippen molar-refractivity contribution in [3.63, 3.8) is 0 Å². The van der Waals surface area contributed by atoms with E-state index in [2.05, 4.69) is 0 Å². The molecule has 0 radical (unpaired) electrons. The van der Waals surface area contributed by atoms with Crippen molar-refractivity contribution in [3.8, 4) is 0 Å². The molecule has 0 aliphatic heterocycles. The molecule has 2 rings (SSSR count). The van der Waals surface area contributed by atoms with Gasteiger partial charge in [0.25, 0.3) is 0 Å². The summed E-state index contributed by atoms with van der Waals surface area (Å²) < 4.78 is 37.1. The minimum Gasteiger partial charge on any atom is -0.378 e. The Balaban J connectivity index is 2.08. The molecule has 4 heteroatoms. The van der Waals surface area contributed by atoms with E-state index in [-0.39, 0.29) is 12.3 Å². The summed E-state index contributed by atoms with van der Waals surface area (Å²) in [6.07, 6.45) is -3.80. The normalized spacial score (nSPS) is 24.3. The molecule has 88 valence electrons. The maximum atomic E-state index is 12.4. The van der Waals surface area contributed by atoms with Gasteiger partial charge in [0.2, 0.25) is 0 Å². The van der Waals surface area contributed by atoms with Gasteiger partial charge in [-0.2, -0.15) is 13.2 Å². The Morgan fingerprint density at radius 3 is 2.06 bits per heavy atom. The second-order valence-corrected chi connectivity index (χ2v) is 4.48. The quantitative estimate of drug-likeness (QED) is 0.751. The Bertz CT molecular complexity index is 367. The number of hydrogen-bond donors (Lipinski definition) is 0. The van der Waals surface area contributed by atoms with Gasteiger partial charge < -0.3 is 4.90 Å². The Morgan fingerprint density at radius 1 is 1.12 bits per heavy atom. The average molecular weight is 229 g/mol. The minimum absolute atomic E-state index is 0.241. The number of nitrogens with zero attached hydrogens (tertiary/aromatic N) is 1. The third-order valence-corrected chi connectivity index (χ3v) is 3.05. The van der Waals surface area contributed by atoms with Crippen molar-refractivity contribution in [3.05, 3.63) is 29.8 Å². The van der Waals surface area contributed by atoms with Crippen molar-refractivity contribution in [1.29, 1.82) is 0 Å². The molecule has 0 heterocycles. The van der Waals surface area contributed by atoms with Gasteiger partial charge in [-0.3, -0.25) is 0 Å². The summed E-state index contributed by atoms with van der Waals surface area (Å²) in [5.41, 5.74) is 1.81. The van der Waals surface area contributed by atoms with Crippen molar-refractivity contribution in [2.75, 3.05) is 19.0 Å². The van der Waals surface area contributed by atoms with E-state index in [1.54, 1.807) is 12.1 Å². The summed E-state index contributed by atoms with van der Waals surface area (Å²) in [4.78, 5) is 1.93. The average Bonchev–Trinajstić information content (AvgIpc) is 2.96. The SMILES string of the molecule is CN(C)c1ccc([C@@H]2C[C@H]2C(F)(F)F)cc1. The third kappa shape index (κ3) is 2.15. The Labute approximate surface area is 92.9 Å². The van der Waals surface area contributed by atoms with E-state index >= 15 is 0 Å². The fourth-order valence-electron chi connectivity index (χ4n) is 1.94. The number of halogens is 3. The number of rotatable bonds is 2. The molecule has 1 fully saturated rings. The van der Waals surface area contributed by atoms with E-state index in [1.165, 1.54) is 0 Å². The van der Waals surface area contributed by atoms with E-state index in [9.17, 15) is 13.2 Å². The molecule has 1 aromatic rings. The van der Waals surface area contributed by atoms with Gasteiger partial charge in [0.15, 0.2) is 0 Å². The highest BCUT2D eigenvalue weighted by atomic mass is 19.4. The predicted octanol–water partition coefficient (Wildman–Crippen LogP) is 3.42. The summed E-state index contributed by atoms with van der Waals surface area (Å²) in [5, 5.41) is 0. The van der Waals surface area contributed by atoms with E-state index in [0.29, 0.717) is 0 Å². The lowest BCUT2D eigenvalue weighted by Gasteiger charge is -2.12. The van der Waals surface area contributed by atoms with Crippen LogP contribution in [-0.4, -0.2) is 20.3 Å². The molecule has 0 aromatic heterocycles. The van der Waals surface area contributed by atoms with Gasteiger partial charge in [-0.25, -0.2) is 0 Å². The van der Waals surface area contributed by atoms with Crippen LogP contribution in [0.4, 0.5) is 18.9 Å². The van der Waals surface area contributed by atoms with Crippen LogP contribution < -0.4 is 4.90 Å². The highest BCUT2D eigenvalue weighted by Crippen LogP contribution is 2.56. The monoisotopic (exact) mass is 229 g/mol. The zero-order valence-corrected chi connectivity index (χ0v) is 9.25. The van der Waals surface area contributed by atoms with Gasteiger partial charge in [0, 0.05) is 19.8 Å². The second-order valence-electron chi connectivity index (χ2n) is 4.48. The summed E-state index contributed by atoms with van der Waals surface area (Å²) in [7, 11) is 3.81. The molecule has 0 bridgehead atoms. The number of anilines is 1.